The van der Waals surface area contributed by atoms with Crippen LogP contribution in [0.5, 0.6) is 0 Å². The van der Waals surface area contributed by atoms with Crippen LogP contribution in [0.4, 0.5) is 10.1 Å². The van der Waals surface area contributed by atoms with Crippen LogP contribution in [-0.4, -0.2) is 65.7 Å². The molecule has 0 aliphatic heterocycles. The highest BCUT2D eigenvalue weighted by atomic mass is 35.5. The lowest BCUT2D eigenvalue weighted by molar-refractivity contribution is -0.0229. The van der Waals surface area contributed by atoms with Crippen LogP contribution < -0.4 is 10.6 Å². The summed E-state index contributed by atoms with van der Waals surface area (Å²) in [6, 6.07) is 1.79. The molecule has 1 saturated carbocycles. The molecule has 0 bridgehead atoms. The van der Waals surface area contributed by atoms with Crippen molar-refractivity contribution in [2.45, 2.75) is 64.0 Å². The average molecular weight is 505 g/mol. The van der Waals surface area contributed by atoms with E-state index in [2.05, 4.69) is 25.7 Å². The number of amides is 1. The summed E-state index contributed by atoms with van der Waals surface area (Å²) >= 11 is 6.00. The molecule has 9 nitrogen and oxygen atoms in total. The number of carbonyl (C=O) groups excluding carboxylic acids is 1. The monoisotopic (exact) mass is 504 g/mol. The molecular formula is C24H30ClFN6O3. The number of nitrogens with zero attached hydrogens (tertiary/aromatic N) is 4. The van der Waals surface area contributed by atoms with Crippen molar-refractivity contribution in [2.75, 3.05) is 11.9 Å². The van der Waals surface area contributed by atoms with Crippen molar-refractivity contribution < 1.29 is 19.4 Å². The highest BCUT2D eigenvalue weighted by Gasteiger charge is 2.39. The van der Waals surface area contributed by atoms with Crippen LogP contribution >= 0.6 is 11.6 Å². The molecule has 0 aromatic carbocycles. The molecule has 1 fully saturated rings. The van der Waals surface area contributed by atoms with Gasteiger partial charge in [-0.05, 0) is 52.5 Å². The molecular weight excluding hydrogens is 475 g/mol. The molecule has 1 aliphatic rings. The van der Waals surface area contributed by atoms with Crippen molar-refractivity contribution in [2.24, 2.45) is 5.92 Å². The topological polar surface area (TPSA) is 125 Å². The third-order valence-electron chi connectivity index (χ3n) is 6.45. The van der Waals surface area contributed by atoms with Gasteiger partial charge in [0.2, 0.25) is 0 Å². The van der Waals surface area contributed by atoms with Gasteiger partial charge in [0.05, 0.1) is 57.7 Å². The second-order valence-corrected chi connectivity index (χ2v) is 10.6. The Hall–Kier alpha value is -2.82. The first kappa shape index (κ1) is 25.3. The summed E-state index contributed by atoms with van der Waals surface area (Å²) in [5.74, 6) is -0.368. The van der Waals surface area contributed by atoms with E-state index in [0.717, 1.165) is 12.8 Å². The van der Waals surface area contributed by atoms with E-state index in [1.807, 2.05) is 0 Å². The van der Waals surface area contributed by atoms with Crippen molar-refractivity contribution in [3.63, 3.8) is 0 Å². The summed E-state index contributed by atoms with van der Waals surface area (Å²) in [6.45, 7) is 5.93. The number of pyridine rings is 1. The number of rotatable bonds is 8. The second kappa shape index (κ2) is 9.33. The van der Waals surface area contributed by atoms with Crippen molar-refractivity contribution in [1.82, 2.24) is 24.9 Å². The summed E-state index contributed by atoms with van der Waals surface area (Å²) in [5.41, 5.74) is 0.181. The van der Waals surface area contributed by atoms with Gasteiger partial charge in [-0.3, -0.25) is 9.78 Å². The van der Waals surface area contributed by atoms with Gasteiger partial charge in [-0.25, -0.2) is 13.9 Å². The minimum Gasteiger partial charge on any atom is -0.390 e. The first-order chi connectivity index (χ1) is 16.3. The SMILES string of the molecule is CC(C)(O)C1CC(Nc2cc(-c3cnn4cc(Cl)cnc34)ncc2C(=O)NC[C@@H](F)C(C)(C)O)C1. The lowest BCUT2D eigenvalue weighted by Gasteiger charge is -2.43. The van der Waals surface area contributed by atoms with Gasteiger partial charge in [0, 0.05) is 18.4 Å². The van der Waals surface area contributed by atoms with Gasteiger partial charge in [-0.15, -0.1) is 0 Å². The summed E-state index contributed by atoms with van der Waals surface area (Å²) in [4.78, 5) is 21.7. The average Bonchev–Trinajstić information content (AvgIpc) is 3.15. The van der Waals surface area contributed by atoms with Gasteiger partial charge in [0.25, 0.3) is 5.91 Å². The molecule has 1 atom stereocenters. The van der Waals surface area contributed by atoms with Crippen LogP contribution in [0.2, 0.25) is 5.02 Å². The van der Waals surface area contributed by atoms with E-state index in [4.69, 9.17) is 11.6 Å². The number of aliphatic hydroxyl groups is 2. The smallest absolute Gasteiger partial charge is 0.255 e. The zero-order chi connectivity index (χ0) is 25.5. The Morgan fingerprint density at radius 2 is 1.94 bits per heavy atom. The highest BCUT2D eigenvalue weighted by Crippen LogP contribution is 2.38. The number of hydrogen-bond donors (Lipinski definition) is 4. The van der Waals surface area contributed by atoms with Gasteiger partial charge in [0.15, 0.2) is 5.65 Å². The van der Waals surface area contributed by atoms with Crippen LogP contribution in [0.3, 0.4) is 0 Å². The number of aromatic nitrogens is 4. The number of alkyl halides is 1. The Balaban J connectivity index is 1.62. The molecule has 3 aromatic rings. The quantitative estimate of drug-likeness (QED) is 0.371. The summed E-state index contributed by atoms with van der Waals surface area (Å²) in [7, 11) is 0. The highest BCUT2D eigenvalue weighted by molar-refractivity contribution is 6.30. The van der Waals surface area contributed by atoms with Gasteiger partial charge >= 0.3 is 0 Å². The van der Waals surface area contributed by atoms with Gasteiger partial charge in [-0.2, -0.15) is 5.10 Å². The molecule has 1 aliphatic carbocycles. The van der Waals surface area contributed by atoms with Crippen LogP contribution in [0, 0.1) is 5.92 Å². The Bertz CT molecular complexity index is 1230. The fourth-order valence-electron chi connectivity index (χ4n) is 4.00. The number of fused-ring (bicyclic) bond motifs is 1. The van der Waals surface area contributed by atoms with Crippen molar-refractivity contribution in [1.29, 1.82) is 0 Å². The number of nitrogens with one attached hydrogen (secondary N) is 2. The maximum absolute atomic E-state index is 14.2. The molecule has 188 valence electrons. The normalized spacial score (nSPS) is 19.3. The van der Waals surface area contributed by atoms with Gasteiger partial charge in [-0.1, -0.05) is 11.6 Å². The van der Waals surface area contributed by atoms with Crippen LogP contribution in [-0.2, 0) is 0 Å². The van der Waals surface area contributed by atoms with Gasteiger partial charge < -0.3 is 20.8 Å². The number of carbonyl (C=O) groups is 1. The van der Waals surface area contributed by atoms with E-state index in [-0.39, 0.29) is 24.1 Å². The molecule has 4 N–H and O–H groups in total. The molecule has 0 unspecified atom stereocenters. The lowest BCUT2D eigenvalue weighted by Crippen LogP contribution is -2.46. The first-order valence-electron chi connectivity index (χ1n) is 11.5. The predicted octanol–water partition coefficient (Wildman–Crippen LogP) is 3.24. The van der Waals surface area contributed by atoms with Crippen LogP contribution in [0.1, 0.15) is 50.9 Å². The number of hydrogen-bond acceptors (Lipinski definition) is 7. The van der Waals surface area contributed by atoms with Crippen molar-refractivity contribution >= 4 is 28.8 Å². The van der Waals surface area contributed by atoms with Crippen molar-refractivity contribution in [3.8, 4) is 11.3 Å². The zero-order valence-corrected chi connectivity index (χ0v) is 20.8. The summed E-state index contributed by atoms with van der Waals surface area (Å²) in [5, 5.41) is 30.7. The number of anilines is 1. The predicted molar refractivity (Wildman–Crippen MR) is 131 cm³/mol. The molecule has 0 radical (unpaired) electrons. The zero-order valence-electron chi connectivity index (χ0n) is 20.1. The van der Waals surface area contributed by atoms with E-state index in [1.165, 1.54) is 26.2 Å². The van der Waals surface area contributed by atoms with E-state index < -0.39 is 23.3 Å². The molecule has 11 heteroatoms. The van der Waals surface area contributed by atoms with Gasteiger partial charge in [0.1, 0.15) is 6.17 Å². The van der Waals surface area contributed by atoms with E-state index in [0.29, 0.717) is 27.6 Å². The maximum atomic E-state index is 14.2. The minimum atomic E-state index is -1.63. The van der Waals surface area contributed by atoms with E-state index >= 15 is 0 Å². The largest absolute Gasteiger partial charge is 0.390 e. The Morgan fingerprint density at radius 3 is 2.60 bits per heavy atom. The van der Waals surface area contributed by atoms with E-state index in [1.54, 1.807) is 36.8 Å². The Morgan fingerprint density at radius 1 is 1.23 bits per heavy atom. The Labute approximate surface area is 207 Å². The third kappa shape index (κ3) is 5.55. The molecule has 4 rings (SSSR count). The fourth-order valence-corrected chi connectivity index (χ4v) is 4.14. The molecule has 3 heterocycles. The first-order valence-corrected chi connectivity index (χ1v) is 11.8. The third-order valence-corrected chi connectivity index (χ3v) is 6.65. The summed E-state index contributed by atoms with van der Waals surface area (Å²) < 4.78 is 15.7. The molecule has 0 spiro atoms. The second-order valence-electron chi connectivity index (χ2n) is 10.2. The molecule has 35 heavy (non-hydrogen) atoms. The molecule has 3 aromatic heterocycles. The minimum absolute atomic E-state index is 0.0550. The van der Waals surface area contributed by atoms with E-state index in [9.17, 15) is 19.4 Å². The van der Waals surface area contributed by atoms with Crippen LogP contribution in [0.25, 0.3) is 16.9 Å². The van der Waals surface area contributed by atoms with Crippen molar-refractivity contribution in [3.05, 3.63) is 41.4 Å². The maximum Gasteiger partial charge on any atom is 0.255 e. The molecule has 0 saturated heterocycles. The standard InChI is InChI=1S/C24H30ClFN6O3/c1-23(2,34)13-5-15(6-13)31-19-7-18(16-10-30-32-12-14(25)8-28-21(16)32)27-9-17(19)22(33)29-11-20(26)24(3,4)35/h7-10,12-13,15,20,34-35H,5-6,11H2,1-4H3,(H,27,31)(H,29,33)/t13?,15?,20-/m1/s1. The fraction of sp³-hybridized carbons (Fsp3) is 0.500. The lowest BCUT2D eigenvalue weighted by atomic mass is 9.71. The Kier molecular flexibility index (Phi) is 6.74. The van der Waals surface area contributed by atoms with Crippen LogP contribution in [0.15, 0.2) is 30.9 Å². The number of halogens is 2. The summed E-state index contributed by atoms with van der Waals surface area (Å²) in [6.07, 6.45) is 6.05. The molecule has 1 amide bonds.